The van der Waals surface area contributed by atoms with Crippen molar-refractivity contribution in [1.29, 1.82) is 0 Å². The summed E-state index contributed by atoms with van der Waals surface area (Å²) in [4.78, 5) is 12.1. The van der Waals surface area contributed by atoms with Crippen molar-refractivity contribution in [2.75, 3.05) is 6.16 Å². The average Bonchev–Trinajstić information content (AvgIpc) is 2.73. The molecular formula is C23H25O3P. The van der Waals surface area contributed by atoms with Gasteiger partial charge in [0.2, 0.25) is 0 Å². The van der Waals surface area contributed by atoms with Crippen LogP contribution in [0.15, 0.2) is 91.0 Å². The summed E-state index contributed by atoms with van der Waals surface area (Å²) < 4.78 is 6.13. The predicted octanol–water partition coefficient (Wildman–Crippen LogP) is 4.93. The fraction of sp³-hybridized carbons (Fsp3) is 0.174. The van der Waals surface area contributed by atoms with Gasteiger partial charge in [0.1, 0.15) is 0 Å². The van der Waals surface area contributed by atoms with Gasteiger partial charge in [0.25, 0.3) is 0 Å². The Hall–Kier alpha value is -2.64. The number of rotatable bonds is 7. The SMILES string of the molecule is CCCCP(OC(=O)O)(c1ccccc1)(c1ccccc1)c1ccccc1. The van der Waals surface area contributed by atoms with Crippen molar-refractivity contribution in [3.8, 4) is 0 Å². The summed E-state index contributed by atoms with van der Waals surface area (Å²) in [5.41, 5.74) is 0. The maximum absolute atomic E-state index is 12.1. The second-order valence-corrected chi connectivity index (χ2v) is 11.3. The van der Waals surface area contributed by atoms with Crippen LogP contribution in [0.3, 0.4) is 0 Å². The van der Waals surface area contributed by atoms with E-state index in [1.165, 1.54) is 0 Å². The Bertz CT molecular complexity index is 780. The van der Waals surface area contributed by atoms with Crippen molar-refractivity contribution in [3.05, 3.63) is 91.0 Å². The van der Waals surface area contributed by atoms with Gasteiger partial charge in [0.05, 0.1) is 0 Å². The van der Waals surface area contributed by atoms with Gasteiger partial charge in [-0.2, -0.15) is 0 Å². The van der Waals surface area contributed by atoms with Gasteiger partial charge in [-0.05, 0) is 0 Å². The van der Waals surface area contributed by atoms with Gasteiger partial charge in [0, 0.05) is 0 Å². The molecule has 0 saturated carbocycles. The minimum atomic E-state index is -3.67. The number of hydrogen-bond donors (Lipinski definition) is 1. The van der Waals surface area contributed by atoms with E-state index in [2.05, 4.69) is 6.92 Å². The molecule has 0 aliphatic rings. The van der Waals surface area contributed by atoms with Crippen LogP contribution in [0.5, 0.6) is 0 Å². The molecule has 0 fully saturated rings. The zero-order valence-electron chi connectivity index (χ0n) is 15.5. The average molecular weight is 380 g/mol. The Morgan fingerprint density at radius 1 is 0.778 bits per heavy atom. The van der Waals surface area contributed by atoms with E-state index < -0.39 is 13.0 Å². The maximum atomic E-state index is 12.1. The van der Waals surface area contributed by atoms with Crippen LogP contribution in [-0.2, 0) is 4.52 Å². The predicted molar refractivity (Wildman–Crippen MR) is 114 cm³/mol. The Labute approximate surface area is 160 Å². The second-order valence-electron chi connectivity index (χ2n) is 6.65. The number of carboxylic acid groups (broad SMARTS) is 1. The summed E-state index contributed by atoms with van der Waals surface area (Å²) in [6.07, 6.45) is 1.23. The Kier molecular flexibility index (Phi) is 5.62. The van der Waals surface area contributed by atoms with Crippen LogP contribution in [0.4, 0.5) is 4.79 Å². The molecule has 0 aliphatic carbocycles. The van der Waals surface area contributed by atoms with E-state index in [9.17, 15) is 9.90 Å². The van der Waals surface area contributed by atoms with E-state index in [0.29, 0.717) is 6.16 Å². The van der Waals surface area contributed by atoms with Gasteiger partial charge in [-0.3, -0.25) is 0 Å². The summed E-state index contributed by atoms with van der Waals surface area (Å²) in [5.74, 6) is 0. The van der Waals surface area contributed by atoms with Crippen molar-refractivity contribution >= 4 is 28.9 Å². The van der Waals surface area contributed by atoms with Gasteiger partial charge < -0.3 is 0 Å². The van der Waals surface area contributed by atoms with Crippen LogP contribution in [0.1, 0.15) is 19.8 Å². The molecule has 0 bridgehead atoms. The first-order chi connectivity index (χ1) is 13.1. The number of carbonyl (C=O) groups is 1. The third kappa shape index (κ3) is 3.24. The monoisotopic (exact) mass is 380 g/mol. The fourth-order valence-corrected chi connectivity index (χ4v) is 9.65. The molecule has 0 aromatic heterocycles. The van der Waals surface area contributed by atoms with Crippen LogP contribution >= 0.6 is 6.83 Å². The van der Waals surface area contributed by atoms with Gasteiger partial charge in [-0.25, -0.2) is 0 Å². The van der Waals surface area contributed by atoms with E-state index in [1.54, 1.807) is 0 Å². The first-order valence-corrected chi connectivity index (χ1v) is 11.6. The summed E-state index contributed by atoms with van der Waals surface area (Å²) >= 11 is 0. The molecule has 0 spiro atoms. The van der Waals surface area contributed by atoms with Crippen molar-refractivity contribution < 1.29 is 14.4 Å². The molecular weight excluding hydrogens is 355 g/mol. The Morgan fingerprint density at radius 2 is 1.15 bits per heavy atom. The van der Waals surface area contributed by atoms with Gasteiger partial charge in [0.15, 0.2) is 0 Å². The third-order valence-electron chi connectivity index (χ3n) is 5.13. The molecule has 4 heteroatoms. The standard InChI is InChI=1S/C23H25O3P/c1-2-3-19-27(26-23(24)25,20-13-7-4-8-14-20,21-15-9-5-10-16-21)22-17-11-6-12-18-22/h4-18H,2-3,19H2,1H3,(H,24,25). The molecule has 1 N–H and O–H groups in total. The van der Waals surface area contributed by atoms with Gasteiger partial charge in [-0.15, -0.1) is 0 Å². The number of benzene rings is 3. The quantitative estimate of drug-likeness (QED) is 0.592. The number of unbranched alkanes of at least 4 members (excludes halogenated alkanes) is 1. The van der Waals surface area contributed by atoms with E-state index in [0.717, 1.165) is 28.8 Å². The van der Waals surface area contributed by atoms with Gasteiger partial charge in [-0.1, -0.05) is 0 Å². The molecule has 0 heterocycles. The molecule has 3 rings (SSSR count). The normalized spacial score (nSPS) is 12.7. The van der Waals surface area contributed by atoms with E-state index in [-0.39, 0.29) is 0 Å². The molecule has 140 valence electrons. The zero-order valence-corrected chi connectivity index (χ0v) is 16.4. The van der Waals surface area contributed by atoms with Crippen LogP contribution < -0.4 is 15.9 Å². The van der Waals surface area contributed by atoms with E-state index >= 15 is 0 Å². The third-order valence-corrected chi connectivity index (χ3v) is 11.0. The molecule has 0 saturated heterocycles. The molecule has 3 aromatic carbocycles. The fourth-order valence-electron chi connectivity index (χ4n) is 3.90. The molecule has 27 heavy (non-hydrogen) atoms. The summed E-state index contributed by atoms with van der Waals surface area (Å²) in [6.45, 7) is -1.55. The van der Waals surface area contributed by atoms with Crippen LogP contribution in [0.2, 0.25) is 0 Å². The molecule has 0 unspecified atom stereocenters. The summed E-state index contributed by atoms with van der Waals surface area (Å²) in [6, 6.07) is 29.7. The minimum absolute atomic E-state index is 0.645. The van der Waals surface area contributed by atoms with Crippen LogP contribution in [0, 0.1) is 0 Å². The van der Waals surface area contributed by atoms with Crippen LogP contribution in [0.25, 0.3) is 0 Å². The molecule has 3 nitrogen and oxygen atoms in total. The number of hydrogen-bond acceptors (Lipinski definition) is 2. The van der Waals surface area contributed by atoms with Crippen LogP contribution in [-0.4, -0.2) is 17.4 Å². The van der Waals surface area contributed by atoms with Crippen molar-refractivity contribution in [2.24, 2.45) is 0 Å². The summed E-state index contributed by atoms with van der Waals surface area (Å²) in [5, 5.41) is 12.7. The molecule has 0 radical (unpaired) electrons. The van der Waals surface area contributed by atoms with Crippen molar-refractivity contribution in [2.45, 2.75) is 19.8 Å². The first-order valence-electron chi connectivity index (χ1n) is 9.24. The topological polar surface area (TPSA) is 46.5 Å². The molecule has 3 aromatic rings. The molecule has 0 atom stereocenters. The first kappa shape index (κ1) is 19.1. The van der Waals surface area contributed by atoms with E-state index in [1.807, 2.05) is 91.0 Å². The Morgan fingerprint density at radius 3 is 1.44 bits per heavy atom. The van der Waals surface area contributed by atoms with Crippen molar-refractivity contribution in [3.63, 3.8) is 0 Å². The molecule has 0 amide bonds. The molecule has 0 aliphatic heterocycles. The Balaban J connectivity index is 2.49. The van der Waals surface area contributed by atoms with Crippen molar-refractivity contribution in [1.82, 2.24) is 0 Å². The van der Waals surface area contributed by atoms with Gasteiger partial charge >= 0.3 is 160 Å². The summed E-state index contributed by atoms with van der Waals surface area (Å²) in [7, 11) is 0. The zero-order chi connectivity index (χ0) is 19.2. The second kappa shape index (κ2) is 7.94. The van der Waals surface area contributed by atoms with E-state index in [4.69, 9.17) is 4.52 Å².